The molecule has 120 valence electrons. The molecule has 2 aromatic carbocycles. The molecule has 1 amide bonds. The Morgan fingerprint density at radius 1 is 1.00 bits per heavy atom. The summed E-state index contributed by atoms with van der Waals surface area (Å²) in [6.07, 6.45) is -0.00905. The van der Waals surface area contributed by atoms with Crippen molar-refractivity contribution in [1.82, 2.24) is 0 Å². The van der Waals surface area contributed by atoms with Gasteiger partial charge in [0.05, 0.1) is 17.1 Å². The highest BCUT2D eigenvalue weighted by Gasteiger charge is 2.12. The Morgan fingerprint density at radius 3 is 2.48 bits per heavy atom. The van der Waals surface area contributed by atoms with Crippen molar-refractivity contribution in [3.05, 3.63) is 63.1 Å². The summed E-state index contributed by atoms with van der Waals surface area (Å²) < 4.78 is 4.92. The van der Waals surface area contributed by atoms with E-state index in [1.54, 1.807) is 36.4 Å². The zero-order valence-corrected chi connectivity index (χ0v) is 14.1. The fourth-order valence-corrected chi connectivity index (χ4v) is 2.31. The Morgan fingerprint density at radius 2 is 1.74 bits per heavy atom. The molecule has 0 aliphatic carbocycles. The third kappa shape index (κ3) is 5.43. The zero-order chi connectivity index (χ0) is 16.8. The third-order valence-corrected chi connectivity index (χ3v) is 3.79. The van der Waals surface area contributed by atoms with Gasteiger partial charge in [-0.25, -0.2) is 0 Å². The Balaban J connectivity index is 1.85. The summed E-state index contributed by atoms with van der Waals surface area (Å²) in [4.78, 5) is 23.5. The molecule has 0 radical (unpaired) electrons. The Hall–Kier alpha value is -1.75. The molecule has 0 aromatic heterocycles. The van der Waals surface area contributed by atoms with E-state index in [-0.39, 0.29) is 6.42 Å². The number of carbonyl (C=O) groups excluding carboxylic acids is 2. The van der Waals surface area contributed by atoms with E-state index >= 15 is 0 Å². The Bertz CT molecular complexity index is 734. The van der Waals surface area contributed by atoms with Crippen LogP contribution >= 0.6 is 34.8 Å². The minimum atomic E-state index is -0.551. The van der Waals surface area contributed by atoms with E-state index in [4.69, 9.17) is 39.5 Å². The Labute approximate surface area is 148 Å². The predicted molar refractivity (Wildman–Crippen MR) is 91.2 cm³/mol. The maximum Gasteiger partial charge on any atom is 0.310 e. The van der Waals surface area contributed by atoms with Crippen LogP contribution in [-0.2, 0) is 20.7 Å². The van der Waals surface area contributed by atoms with Gasteiger partial charge in [-0.3, -0.25) is 9.59 Å². The number of ether oxygens (including phenoxy) is 1. The van der Waals surface area contributed by atoms with Gasteiger partial charge in [-0.05, 0) is 29.8 Å². The van der Waals surface area contributed by atoms with Gasteiger partial charge < -0.3 is 10.1 Å². The molecule has 4 nitrogen and oxygen atoms in total. The number of benzene rings is 2. The second-order valence-electron chi connectivity index (χ2n) is 4.60. The summed E-state index contributed by atoms with van der Waals surface area (Å²) in [5.41, 5.74) is 0.990. The van der Waals surface area contributed by atoms with E-state index in [1.165, 1.54) is 6.07 Å². The second-order valence-corrected chi connectivity index (χ2v) is 5.85. The van der Waals surface area contributed by atoms with Gasteiger partial charge in [-0.1, -0.05) is 53.0 Å². The monoisotopic (exact) mass is 371 g/mol. The lowest BCUT2D eigenvalue weighted by molar-refractivity contribution is -0.146. The quantitative estimate of drug-likeness (QED) is 0.793. The maximum atomic E-state index is 11.8. The SMILES string of the molecule is O=C(COC(=O)Cc1ccccc1Cl)Nc1cc(Cl)ccc1Cl. The number of hydrogen-bond donors (Lipinski definition) is 1. The van der Waals surface area contributed by atoms with E-state index in [1.807, 2.05) is 0 Å². The molecule has 0 saturated heterocycles. The van der Waals surface area contributed by atoms with Crippen LogP contribution in [0.3, 0.4) is 0 Å². The van der Waals surface area contributed by atoms with Gasteiger partial charge in [0.15, 0.2) is 6.61 Å². The normalized spacial score (nSPS) is 10.2. The fraction of sp³-hybridized carbons (Fsp3) is 0.125. The summed E-state index contributed by atoms with van der Waals surface area (Å²) in [6.45, 7) is -0.424. The fourth-order valence-electron chi connectivity index (χ4n) is 1.77. The second kappa shape index (κ2) is 8.20. The van der Waals surface area contributed by atoms with Crippen molar-refractivity contribution in [3.63, 3.8) is 0 Å². The number of rotatable bonds is 5. The topological polar surface area (TPSA) is 55.4 Å². The highest BCUT2D eigenvalue weighted by molar-refractivity contribution is 6.35. The standard InChI is InChI=1S/C16H12Cl3NO3/c17-11-5-6-13(19)14(8-11)20-15(21)9-23-16(22)7-10-3-1-2-4-12(10)18/h1-6,8H,7,9H2,(H,20,21). The summed E-state index contributed by atoms with van der Waals surface area (Å²) in [5.74, 6) is -1.06. The van der Waals surface area contributed by atoms with Crippen LogP contribution in [0.4, 0.5) is 5.69 Å². The van der Waals surface area contributed by atoms with Crippen LogP contribution in [-0.4, -0.2) is 18.5 Å². The molecule has 23 heavy (non-hydrogen) atoms. The van der Waals surface area contributed by atoms with E-state index in [2.05, 4.69) is 5.32 Å². The van der Waals surface area contributed by atoms with E-state index in [0.717, 1.165) is 0 Å². The molecular weight excluding hydrogens is 361 g/mol. The van der Waals surface area contributed by atoms with Gasteiger partial charge >= 0.3 is 5.97 Å². The largest absolute Gasteiger partial charge is 0.455 e. The summed E-state index contributed by atoms with van der Waals surface area (Å²) in [7, 11) is 0. The first-order valence-electron chi connectivity index (χ1n) is 6.59. The summed E-state index contributed by atoms with van der Waals surface area (Å²) in [6, 6.07) is 11.6. The molecule has 0 atom stereocenters. The first-order valence-corrected chi connectivity index (χ1v) is 7.73. The predicted octanol–water partition coefficient (Wildman–Crippen LogP) is 4.37. The average molecular weight is 373 g/mol. The minimum absolute atomic E-state index is 0.00905. The molecule has 0 unspecified atom stereocenters. The number of halogens is 3. The molecule has 0 fully saturated rings. The molecule has 0 aliphatic heterocycles. The number of hydrogen-bond acceptors (Lipinski definition) is 3. The molecule has 2 aromatic rings. The zero-order valence-electron chi connectivity index (χ0n) is 11.8. The van der Waals surface area contributed by atoms with Gasteiger partial charge in [0.1, 0.15) is 0 Å². The minimum Gasteiger partial charge on any atom is -0.455 e. The van der Waals surface area contributed by atoms with Gasteiger partial charge in [0.25, 0.3) is 5.91 Å². The van der Waals surface area contributed by atoms with Crippen LogP contribution in [0, 0.1) is 0 Å². The van der Waals surface area contributed by atoms with E-state index in [0.29, 0.717) is 26.3 Å². The van der Waals surface area contributed by atoms with Crippen molar-refractivity contribution in [3.8, 4) is 0 Å². The van der Waals surface area contributed by atoms with Crippen LogP contribution < -0.4 is 5.32 Å². The van der Waals surface area contributed by atoms with Gasteiger partial charge in [-0.15, -0.1) is 0 Å². The number of nitrogens with one attached hydrogen (secondary N) is 1. The van der Waals surface area contributed by atoms with Crippen molar-refractivity contribution >= 4 is 52.4 Å². The van der Waals surface area contributed by atoms with Crippen molar-refractivity contribution in [2.24, 2.45) is 0 Å². The van der Waals surface area contributed by atoms with Crippen molar-refractivity contribution in [2.75, 3.05) is 11.9 Å². The van der Waals surface area contributed by atoms with Gasteiger partial charge in [-0.2, -0.15) is 0 Å². The van der Waals surface area contributed by atoms with Crippen LogP contribution in [0.15, 0.2) is 42.5 Å². The molecular formula is C16H12Cl3NO3. The molecule has 7 heteroatoms. The summed E-state index contributed by atoms with van der Waals surface area (Å²) in [5, 5.41) is 3.76. The molecule has 0 aliphatic rings. The molecule has 1 N–H and O–H groups in total. The Kier molecular flexibility index (Phi) is 6.28. The van der Waals surface area contributed by atoms with Gasteiger partial charge in [0, 0.05) is 10.0 Å². The highest BCUT2D eigenvalue weighted by Crippen LogP contribution is 2.25. The van der Waals surface area contributed by atoms with Crippen LogP contribution in [0.5, 0.6) is 0 Å². The van der Waals surface area contributed by atoms with E-state index in [9.17, 15) is 9.59 Å². The first kappa shape index (κ1) is 17.6. The molecule has 0 saturated carbocycles. The third-order valence-electron chi connectivity index (χ3n) is 2.86. The van der Waals surface area contributed by atoms with Crippen molar-refractivity contribution in [2.45, 2.75) is 6.42 Å². The number of amides is 1. The molecule has 0 spiro atoms. The molecule has 0 heterocycles. The molecule has 0 bridgehead atoms. The van der Waals surface area contributed by atoms with Gasteiger partial charge in [0.2, 0.25) is 0 Å². The smallest absolute Gasteiger partial charge is 0.310 e. The van der Waals surface area contributed by atoms with Crippen LogP contribution in [0.2, 0.25) is 15.1 Å². The summed E-state index contributed by atoms with van der Waals surface area (Å²) >= 11 is 17.7. The highest BCUT2D eigenvalue weighted by atomic mass is 35.5. The number of anilines is 1. The van der Waals surface area contributed by atoms with Crippen LogP contribution in [0.1, 0.15) is 5.56 Å². The molecule has 2 rings (SSSR count). The average Bonchev–Trinajstić information content (AvgIpc) is 2.51. The van der Waals surface area contributed by atoms with E-state index < -0.39 is 18.5 Å². The van der Waals surface area contributed by atoms with Crippen molar-refractivity contribution < 1.29 is 14.3 Å². The number of carbonyl (C=O) groups is 2. The first-order chi connectivity index (χ1) is 11.0. The lowest BCUT2D eigenvalue weighted by Crippen LogP contribution is -2.21. The van der Waals surface area contributed by atoms with Crippen LogP contribution in [0.25, 0.3) is 0 Å². The van der Waals surface area contributed by atoms with Crippen molar-refractivity contribution in [1.29, 1.82) is 0 Å². The lowest BCUT2D eigenvalue weighted by atomic mass is 10.1. The maximum absolute atomic E-state index is 11.8. The number of esters is 1. The lowest BCUT2D eigenvalue weighted by Gasteiger charge is -2.09.